The molecule has 3 heterocycles. The van der Waals surface area contributed by atoms with Crippen LogP contribution in [-0.4, -0.2) is 42.4 Å². The summed E-state index contributed by atoms with van der Waals surface area (Å²) in [6, 6.07) is 11.0. The number of amides is 1. The minimum absolute atomic E-state index is 0.144. The van der Waals surface area contributed by atoms with Crippen molar-refractivity contribution in [3.63, 3.8) is 0 Å². The van der Waals surface area contributed by atoms with E-state index < -0.39 is 0 Å². The van der Waals surface area contributed by atoms with Crippen LogP contribution >= 0.6 is 0 Å². The van der Waals surface area contributed by atoms with Crippen LogP contribution in [-0.2, 0) is 17.9 Å². The number of nitrogens with zero attached hydrogens (tertiary/aromatic N) is 3. The Kier molecular flexibility index (Phi) is 6.47. The number of hydrogen-bond donors (Lipinski definition) is 1. The molecule has 1 fully saturated rings. The summed E-state index contributed by atoms with van der Waals surface area (Å²) in [6.45, 7) is 7.50. The number of nitrogens with one attached hydrogen (secondary N) is 1. The maximum Gasteiger partial charge on any atom is 0.251 e. The fraction of sp³-hybridized carbons (Fsp3) is 0.348. The maximum atomic E-state index is 12.6. The zero-order chi connectivity index (χ0) is 21.6. The highest BCUT2D eigenvalue weighted by Crippen LogP contribution is 2.20. The normalized spacial score (nSPS) is 13.8. The van der Waals surface area contributed by atoms with Crippen molar-refractivity contribution in [1.29, 1.82) is 0 Å². The summed E-state index contributed by atoms with van der Waals surface area (Å²) in [5.74, 6) is 2.18. The maximum absolute atomic E-state index is 12.6. The Balaban J connectivity index is 1.34. The molecule has 162 valence electrons. The molecular weight excluding hydrogens is 396 g/mol. The van der Waals surface area contributed by atoms with Gasteiger partial charge in [0.15, 0.2) is 0 Å². The van der Waals surface area contributed by atoms with E-state index in [4.69, 9.17) is 14.0 Å². The first-order chi connectivity index (χ1) is 15.1. The first-order valence-electron chi connectivity index (χ1n) is 10.3. The number of ether oxygens (including phenoxy) is 2. The lowest BCUT2D eigenvalue weighted by molar-refractivity contribution is 0.0950. The molecule has 31 heavy (non-hydrogen) atoms. The lowest BCUT2D eigenvalue weighted by Crippen LogP contribution is -2.37. The number of rotatable bonds is 7. The quantitative estimate of drug-likeness (QED) is 0.626. The van der Waals surface area contributed by atoms with E-state index in [9.17, 15) is 4.79 Å². The van der Waals surface area contributed by atoms with Gasteiger partial charge in [-0.25, -0.2) is 4.98 Å². The van der Waals surface area contributed by atoms with Crippen LogP contribution in [0.4, 0.5) is 5.82 Å². The Morgan fingerprint density at radius 2 is 1.94 bits per heavy atom. The lowest BCUT2D eigenvalue weighted by Gasteiger charge is -2.29. The van der Waals surface area contributed by atoms with Crippen molar-refractivity contribution in [2.45, 2.75) is 27.0 Å². The fourth-order valence-electron chi connectivity index (χ4n) is 3.47. The van der Waals surface area contributed by atoms with Gasteiger partial charge in [0, 0.05) is 37.0 Å². The van der Waals surface area contributed by atoms with Gasteiger partial charge in [0.2, 0.25) is 0 Å². The molecule has 3 aromatic rings. The third-order valence-corrected chi connectivity index (χ3v) is 5.30. The van der Waals surface area contributed by atoms with Crippen LogP contribution in [0.3, 0.4) is 0 Å². The summed E-state index contributed by atoms with van der Waals surface area (Å²) in [5.41, 5.74) is 3.31. The molecule has 1 N–H and O–H groups in total. The van der Waals surface area contributed by atoms with Crippen LogP contribution in [0.1, 0.15) is 32.9 Å². The van der Waals surface area contributed by atoms with Crippen molar-refractivity contribution in [1.82, 2.24) is 15.5 Å². The molecule has 0 aliphatic carbocycles. The van der Waals surface area contributed by atoms with Crippen LogP contribution < -0.4 is 15.0 Å². The molecule has 2 aromatic heterocycles. The molecule has 0 bridgehead atoms. The van der Waals surface area contributed by atoms with Gasteiger partial charge in [0.05, 0.1) is 24.5 Å². The standard InChI is InChI=1S/C23H26N4O4/c1-16-21(17(2)31-26-16)15-30-20-7-5-18(6-8-20)23(28)25-14-19-4-3-9-24-22(19)27-10-12-29-13-11-27/h3-9H,10-15H2,1-2H3,(H,25,28). The molecule has 8 heteroatoms. The summed E-state index contributed by atoms with van der Waals surface area (Å²) >= 11 is 0. The second-order valence-corrected chi connectivity index (χ2v) is 7.38. The molecule has 0 spiro atoms. The Morgan fingerprint density at radius 3 is 2.65 bits per heavy atom. The molecule has 0 unspecified atom stereocenters. The number of benzene rings is 1. The van der Waals surface area contributed by atoms with Crippen molar-refractivity contribution < 1.29 is 18.8 Å². The van der Waals surface area contributed by atoms with Crippen molar-refractivity contribution in [2.75, 3.05) is 31.2 Å². The Bertz CT molecular complexity index is 1010. The van der Waals surface area contributed by atoms with Crippen molar-refractivity contribution >= 4 is 11.7 Å². The lowest BCUT2D eigenvalue weighted by atomic mass is 10.2. The van der Waals surface area contributed by atoms with E-state index in [0.717, 1.165) is 41.5 Å². The number of morpholine rings is 1. The molecular formula is C23H26N4O4. The van der Waals surface area contributed by atoms with E-state index in [2.05, 4.69) is 20.4 Å². The summed E-state index contributed by atoms with van der Waals surface area (Å²) in [7, 11) is 0. The van der Waals surface area contributed by atoms with E-state index in [1.807, 2.05) is 26.0 Å². The summed E-state index contributed by atoms with van der Waals surface area (Å²) < 4.78 is 16.4. The van der Waals surface area contributed by atoms with Gasteiger partial charge in [-0.05, 0) is 44.2 Å². The number of aromatic nitrogens is 2. The average Bonchev–Trinajstić information content (AvgIpc) is 3.14. The van der Waals surface area contributed by atoms with Crippen molar-refractivity contribution in [2.24, 2.45) is 0 Å². The second kappa shape index (κ2) is 9.61. The van der Waals surface area contributed by atoms with Crippen LogP contribution in [0.25, 0.3) is 0 Å². The van der Waals surface area contributed by atoms with Crippen LogP contribution in [0.5, 0.6) is 5.75 Å². The van der Waals surface area contributed by atoms with E-state index in [1.165, 1.54) is 0 Å². The average molecular weight is 422 g/mol. The summed E-state index contributed by atoms with van der Waals surface area (Å²) in [6.07, 6.45) is 1.78. The largest absolute Gasteiger partial charge is 0.489 e. The van der Waals surface area contributed by atoms with E-state index in [1.54, 1.807) is 30.5 Å². The van der Waals surface area contributed by atoms with Gasteiger partial charge >= 0.3 is 0 Å². The number of hydrogen-bond acceptors (Lipinski definition) is 7. The molecule has 8 nitrogen and oxygen atoms in total. The highest BCUT2D eigenvalue weighted by atomic mass is 16.5. The van der Waals surface area contributed by atoms with Gasteiger partial charge in [0.25, 0.3) is 5.91 Å². The molecule has 1 saturated heterocycles. The number of carbonyl (C=O) groups is 1. The highest BCUT2D eigenvalue weighted by Gasteiger charge is 2.16. The number of aryl methyl sites for hydroxylation is 2. The molecule has 1 aliphatic heterocycles. The smallest absolute Gasteiger partial charge is 0.251 e. The highest BCUT2D eigenvalue weighted by molar-refractivity contribution is 5.94. The molecule has 1 amide bonds. The SMILES string of the molecule is Cc1noc(C)c1COc1ccc(C(=O)NCc2cccnc2N2CCOCC2)cc1. The molecule has 0 atom stereocenters. The summed E-state index contributed by atoms with van der Waals surface area (Å²) in [5, 5.41) is 6.91. The summed E-state index contributed by atoms with van der Waals surface area (Å²) in [4.78, 5) is 19.3. The first kappa shape index (κ1) is 20.9. The number of pyridine rings is 1. The fourth-order valence-corrected chi connectivity index (χ4v) is 3.47. The number of anilines is 1. The van der Waals surface area contributed by atoms with E-state index in [-0.39, 0.29) is 5.91 Å². The van der Waals surface area contributed by atoms with Crippen LogP contribution in [0.15, 0.2) is 47.1 Å². The molecule has 1 aliphatic rings. The Hall–Kier alpha value is -3.39. The molecule has 0 radical (unpaired) electrons. The topological polar surface area (TPSA) is 89.7 Å². The van der Waals surface area contributed by atoms with Gasteiger partial charge < -0.3 is 24.2 Å². The minimum Gasteiger partial charge on any atom is -0.489 e. The van der Waals surface area contributed by atoms with Gasteiger partial charge in [-0.15, -0.1) is 0 Å². The van der Waals surface area contributed by atoms with Crippen LogP contribution in [0.2, 0.25) is 0 Å². The molecule has 0 saturated carbocycles. The Morgan fingerprint density at radius 1 is 1.16 bits per heavy atom. The van der Waals surface area contributed by atoms with Crippen LogP contribution in [0, 0.1) is 13.8 Å². The third kappa shape index (κ3) is 5.03. The molecule has 1 aromatic carbocycles. The van der Waals surface area contributed by atoms with Gasteiger partial charge in [0.1, 0.15) is 23.9 Å². The third-order valence-electron chi connectivity index (χ3n) is 5.30. The Labute approximate surface area is 181 Å². The predicted octanol–water partition coefficient (Wildman–Crippen LogP) is 3.03. The first-order valence-corrected chi connectivity index (χ1v) is 10.3. The molecule has 4 rings (SSSR count). The monoisotopic (exact) mass is 422 g/mol. The minimum atomic E-state index is -0.144. The number of carbonyl (C=O) groups excluding carboxylic acids is 1. The van der Waals surface area contributed by atoms with E-state index >= 15 is 0 Å². The zero-order valence-corrected chi connectivity index (χ0v) is 17.8. The van der Waals surface area contributed by atoms with Crippen molar-refractivity contribution in [3.8, 4) is 5.75 Å². The van der Waals surface area contributed by atoms with Gasteiger partial charge in [-0.1, -0.05) is 11.2 Å². The van der Waals surface area contributed by atoms with Gasteiger partial charge in [-0.3, -0.25) is 4.79 Å². The zero-order valence-electron chi connectivity index (χ0n) is 17.8. The predicted molar refractivity (Wildman–Crippen MR) is 115 cm³/mol. The van der Waals surface area contributed by atoms with Gasteiger partial charge in [-0.2, -0.15) is 0 Å². The second-order valence-electron chi connectivity index (χ2n) is 7.38. The van der Waals surface area contributed by atoms with Crippen molar-refractivity contribution in [3.05, 3.63) is 70.7 Å². The van der Waals surface area contributed by atoms with E-state index in [0.29, 0.717) is 37.7 Å².